The molecule has 0 saturated heterocycles. The molecule has 0 saturated carbocycles. The van der Waals surface area contributed by atoms with E-state index in [0.717, 1.165) is 6.07 Å². The van der Waals surface area contributed by atoms with Crippen molar-refractivity contribution in [3.8, 4) is 6.07 Å². The lowest BCUT2D eigenvalue weighted by molar-refractivity contribution is 0.627. The van der Waals surface area contributed by atoms with Gasteiger partial charge >= 0.3 is 0 Å². The van der Waals surface area contributed by atoms with E-state index in [-0.39, 0.29) is 5.56 Å². The average Bonchev–Trinajstić information content (AvgIpc) is 2.07. The van der Waals surface area contributed by atoms with E-state index < -0.39 is 16.8 Å². The standard InChI is InChI=1S/C8H7FN2OS/c1-13(12)11-8-3-2-7(9)4-6(8)5-10/h2-4,11H,1H3. The van der Waals surface area contributed by atoms with Crippen molar-refractivity contribution < 1.29 is 8.60 Å². The minimum atomic E-state index is -1.26. The van der Waals surface area contributed by atoms with Crippen molar-refractivity contribution in [2.24, 2.45) is 0 Å². The molecule has 3 nitrogen and oxygen atoms in total. The largest absolute Gasteiger partial charge is 0.304 e. The predicted molar refractivity (Wildman–Crippen MR) is 48.8 cm³/mol. The van der Waals surface area contributed by atoms with Crippen LogP contribution in [0.5, 0.6) is 0 Å². The lowest BCUT2D eigenvalue weighted by atomic mass is 10.2. The third-order valence-corrected chi connectivity index (χ3v) is 1.86. The molecule has 1 rings (SSSR count). The molecule has 68 valence electrons. The minimum absolute atomic E-state index is 0.148. The van der Waals surface area contributed by atoms with Crippen LogP contribution in [0.3, 0.4) is 0 Å². The van der Waals surface area contributed by atoms with Crippen LogP contribution >= 0.6 is 0 Å². The van der Waals surface area contributed by atoms with E-state index in [1.165, 1.54) is 18.4 Å². The van der Waals surface area contributed by atoms with Crippen LogP contribution in [0.2, 0.25) is 0 Å². The Labute approximate surface area is 77.8 Å². The first-order valence-corrected chi connectivity index (χ1v) is 4.99. The fraction of sp³-hybridized carbons (Fsp3) is 0.125. The Morgan fingerprint density at radius 1 is 1.62 bits per heavy atom. The van der Waals surface area contributed by atoms with Crippen LogP contribution in [-0.2, 0) is 11.0 Å². The molecular weight excluding hydrogens is 191 g/mol. The summed E-state index contributed by atoms with van der Waals surface area (Å²) in [7, 11) is -1.26. The van der Waals surface area contributed by atoms with Gasteiger partial charge in [-0.25, -0.2) is 8.60 Å². The first-order chi connectivity index (χ1) is 6.13. The van der Waals surface area contributed by atoms with Gasteiger partial charge in [-0.3, -0.25) is 0 Å². The maximum absolute atomic E-state index is 12.6. The molecule has 0 fully saturated rings. The second-order valence-electron chi connectivity index (χ2n) is 2.36. The average molecular weight is 198 g/mol. The van der Waals surface area contributed by atoms with Crippen LogP contribution < -0.4 is 4.72 Å². The fourth-order valence-electron chi connectivity index (χ4n) is 0.853. The van der Waals surface area contributed by atoms with Crippen LogP contribution in [0.15, 0.2) is 18.2 Å². The first-order valence-electron chi connectivity index (χ1n) is 3.43. The van der Waals surface area contributed by atoms with Crippen molar-refractivity contribution in [1.82, 2.24) is 0 Å². The molecule has 0 spiro atoms. The van der Waals surface area contributed by atoms with E-state index in [0.29, 0.717) is 5.69 Å². The number of halogens is 1. The van der Waals surface area contributed by atoms with Crippen LogP contribution in [0.4, 0.5) is 10.1 Å². The zero-order valence-electron chi connectivity index (χ0n) is 6.87. The lowest BCUT2D eigenvalue weighted by Gasteiger charge is -2.03. The van der Waals surface area contributed by atoms with Crippen molar-refractivity contribution in [1.29, 1.82) is 5.26 Å². The zero-order chi connectivity index (χ0) is 9.84. The highest BCUT2D eigenvalue weighted by molar-refractivity contribution is 7.85. The Bertz CT molecular complexity index is 386. The lowest BCUT2D eigenvalue weighted by Crippen LogP contribution is -2.03. The van der Waals surface area contributed by atoms with Crippen molar-refractivity contribution in [3.05, 3.63) is 29.6 Å². The Morgan fingerprint density at radius 2 is 2.31 bits per heavy atom. The fourth-order valence-corrected chi connectivity index (χ4v) is 1.34. The molecule has 1 aromatic carbocycles. The van der Waals surface area contributed by atoms with E-state index in [1.807, 2.05) is 0 Å². The molecule has 0 amide bonds. The molecule has 0 aliphatic carbocycles. The molecule has 5 heteroatoms. The Balaban J connectivity index is 3.08. The number of hydrogen-bond acceptors (Lipinski definition) is 2. The van der Waals surface area contributed by atoms with Crippen LogP contribution in [0, 0.1) is 17.1 Å². The molecule has 0 radical (unpaired) electrons. The molecule has 1 N–H and O–H groups in total. The molecule has 0 aromatic heterocycles. The van der Waals surface area contributed by atoms with Gasteiger partial charge in [-0.15, -0.1) is 0 Å². The van der Waals surface area contributed by atoms with E-state index in [2.05, 4.69) is 4.72 Å². The van der Waals surface area contributed by atoms with Crippen LogP contribution in [-0.4, -0.2) is 10.5 Å². The van der Waals surface area contributed by atoms with Gasteiger partial charge in [0.1, 0.15) is 22.9 Å². The maximum Gasteiger partial charge on any atom is 0.124 e. The number of anilines is 1. The number of hydrogen-bond donors (Lipinski definition) is 1. The van der Waals surface area contributed by atoms with Gasteiger partial charge in [-0.2, -0.15) is 5.26 Å². The van der Waals surface area contributed by atoms with Crippen LogP contribution in [0.1, 0.15) is 5.56 Å². The van der Waals surface area contributed by atoms with Crippen molar-refractivity contribution >= 4 is 16.7 Å². The van der Waals surface area contributed by atoms with E-state index in [1.54, 1.807) is 6.07 Å². The SMILES string of the molecule is CS(=O)Nc1ccc(F)cc1C#N. The van der Waals surface area contributed by atoms with Crippen molar-refractivity contribution in [3.63, 3.8) is 0 Å². The summed E-state index contributed by atoms with van der Waals surface area (Å²) in [5, 5.41) is 8.60. The number of rotatable bonds is 2. The summed E-state index contributed by atoms with van der Waals surface area (Å²) in [4.78, 5) is 0. The highest BCUT2D eigenvalue weighted by Crippen LogP contribution is 2.15. The van der Waals surface area contributed by atoms with Gasteiger partial charge in [0.25, 0.3) is 0 Å². The zero-order valence-corrected chi connectivity index (χ0v) is 7.69. The van der Waals surface area contributed by atoms with Gasteiger partial charge in [0, 0.05) is 6.26 Å². The molecule has 0 bridgehead atoms. The van der Waals surface area contributed by atoms with Gasteiger partial charge in [-0.1, -0.05) is 0 Å². The second kappa shape index (κ2) is 4.01. The monoisotopic (exact) mass is 198 g/mol. The summed E-state index contributed by atoms with van der Waals surface area (Å²) in [6, 6.07) is 5.49. The van der Waals surface area contributed by atoms with E-state index >= 15 is 0 Å². The van der Waals surface area contributed by atoms with E-state index in [4.69, 9.17) is 5.26 Å². The Hall–Kier alpha value is -1.41. The summed E-state index contributed by atoms with van der Waals surface area (Å²) in [5.41, 5.74) is 0.528. The summed E-state index contributed by atoms with van der Waals surface area (Å²) in [5.74, 6) is -0.482. The summed E-state index contributed by atoms with van der Waals surface area (Å²) in [6.07, 6.45) is 1.44. The molecule has 1 unspecified atom stereocenters. The van der Waals surface area contributed by atoms with Crippen LogP contribution in [0.25, 0.3) is 0 Å². The summed E-state index contributed by atoms with van der Waals surface area (Å²) >= 11 is 0. The Morgan fingerprint density at radius 3 is 2.85 bits per heavy atom. The summed E-state index contributed by atoms with van der Waals surface area (Å²) < 4.78 is 25.9. The second-order valence-corrected chi connectivity index (χ2v) is 3.47. The number of nitrogens with zero attached hydrogens (tertiary/aromatic N) is 1. The molecule has 0 heterocycles. The highest BCUT2D eigenvalue weighted by Gasteiger charge is 2.03. The smallest absolute Gasteiger partial charge is 0.124 e. The molecule has 0 aliphatic heterocycles. The van der Waals surface area contributed by atoms with E-state index in [9.17, 15) is 8.60 Å². The minimum Gasteiger partial charge on any atom is -0.304 e. The normalized spacial score (nSPS) is 11.8. The molecule has 1 aromatic rings. The first kappa shape index (κ1) is 9.68. The van der Waals surface area contributed by atoms with Gasteiger partial charge in [0.05, 0.1) is 11.3 Å². The molecular formula is C8H7FN2OS. The van der Waals surface area contributed by atoms with Crippen molar-refractivity contribution in [2.75, 3.05) is 11.0 Å². The van der Waals surface area contributed by atoms with Gasteiger partial charge in [0.15, 0.2) is 0 Å². The van der Waals surface area contributed by atoms with Gasteiger partial charge in [0.2, 0.25) is 0 Å². The van der Waals surface area contributed by atoms with Gasteiger partial charge < -0.3 is 4.72 Å². The summed E-state index contributed by atoms with van der Waals surface area (Å²) in [6.45, 7) is 0. The number of nitrogens with one attached hydrogen (secondary N) is 1. The van der Waals surface area contributed by atoms with Gasteiger partial charge in [-0.05, 0) is 18.2 Å². The molecule has 13 heavy (non-hydrogen) atoms. The maximum atomic E-state index is 12.6. The third-order valence-electron chi connectivity index (χ3n) is 1.36. The predicted octanol–water partition coefficient (Wildman–Crippen LogP) is 1.40. The Kier molecular flexibility index (Phi) is 2.98. The molecule has 1 atom stereocenters. The quantitative estimate of drug-likeness (QED) is 0.781. The highest BCUT2D eigenvalue weighted by atomic mass is 32.2. The third kappa shape index (κ3) is 2.53. The number of benzene rings is 1. The molecule has 0 aliphatic rings. The van der Waals surface area contributed by atoms with Crippen molar-refractivity contribution in [2.45, 2.75) is 0 Å². The topological polar surface area (TPSA) is 52.9 Å². The number of nitriles is 1.